The third-order valence-electron chi connectivity index (χ3n) is 5.26. The second-order valence-electron chi connectivity index (χ2n) is 7.30. The molecular weight excluding hydrogens is 394 g/mol. The molecule has 1 saturated heterocycles. The van der Waals surface area contributed by atoms with Gasteiger partial charge in [0.05, 0.1) is 26.0 Å². The Morgan fingerprint density at radius 2 is 1.87 bits per heavy atom. The molecule has 7 heteroatoms. The van der Waals surface area contributed by atoms with Gasteiger partial charge in [0.1, 0.15) is 11.3 Å². The molecule has 1 aliphatic heterocycles. The molecule has 1 heterocycles. The summed E-state index contributed by atoms with van der Waals surface area (Å²) in [5.74, 6) is -0.222. The Labute approximate surface area is 180 Å². The van der Waals surface area contributed by atoms with Crippen LogP contribution in [-0.2, 0) is 4.74 Å². The number of hydrogen-bond donors (Lipinski definition) is 3. The van der Waals surface area contributed by atoms with Gasteiger partial charge in [-0.15, -0.1) is 0 Å². The first-order valence-corrected chi connectivity index (χ1v) is 10.2. The molecule has 0 aromatic heterocycles. The second-order valence-corrected chi connectivity index (χ2v) is 7.30. The van der Waals surface area contributed by atoms with Crippen molar-refractivity contribution in [2.75, 3.05) is 38.7 Å². The highest BCUT2D eigenvalue weighted by Crippen LogP contribution is 2.28. The van der Waals surface area contributed by atoms with Gasteiger partial charge < -0.3 is 25.4 Å². The summed E-state index contributed by atoms with van der Waals surface area (Å²) in [5, 5.41) is 10.9. The van der Waals surface area contributed by atoms with E-state index in [0.717, 1.165) is 17.3 Å². The number of benzene rings is 3. The zero-order chi connectivity index (χ0) is 21.6. The van der Waals surface area contributed by atoms with Crippen LogP contribution in [0.15, 0.2) is 60.7 Å². The van der Waals surface area contributed by atoms with Crippen molar-refractivity contribution in [2.24, 2.45) is 0 Å². The summed E-state index contributed by atoms with van der Waals surface area (Å²) >= 11 is 0. The van der Waals surface area contributed by atoms with Crippen molar-refractivity contribution >= 4 is 28.3 Å². The molecule has 160 valence electrons. The fourth-order valence-electron chi connectivity index (χ4n) is 3.71. The maximum absolute atomic E-state index is 13.1. The Balaban J connectivity index is 1.58. The maximum atomic E-state index is 13.1. The minimum Gasteiger partial charge on any atom is -0.496 e. The van der Waals surface area contributed by atoms with Crippen LogP contribution in [-0.4, -0.2) is 51.3 Å². The van der Waals surface area contributed by atoms with E-state index in [1.54, 1.807) is 24.3 Å². The lowest BCUT2D eigenvalue weighted by molar-refractivity contribution is 0.0734. The van der Waals surface area contributed by atoms with Crippen LogP contribution in [0.3, 0.4) is 0 Å². The van der Waals surface area contributed by atoms with E-state index in [1.165, 1.54) is 7.11 Å². The van der Waals surface area contributed by atoms with Crippen molar-refractivity contribution in [1.29, 1.82) is 0 Å². The summed E-state index contributed by atoms with van der Waals surface area (Å²) in [4.78, 5) is 26.1. The number of ether oxygens (including phenoxy) is 2. The summed E-state index contributed by atoms with van der Waals surface area (Å²) in [6, 6.07) is 18.4. The van der Waals surface area contributed by atoms with Gasteiger partial charge in [-0.2, -0.15) is 0 Å². The van der Waals surface area contributed by atoms with Gasteiger partial charge in [-0.25, -0.2) is 0 Å². The minimum absolute atomic E-state index is 0.0427. The van der Waals surface area contributed by atoms with Crippen molar-refractivity contribution in [1.82, 2.24) is 10.6 Å². The molecule has 3 aromatic carbocycles. The number of nitrogens with one attached hydrogen (secondary N) is 3. The predicted molar refractivity (Wildman–Crippen MR) is 120 cm³/mol. The fraction of sp³-hybridized carbons (Fsp3) is 0.250. The molecular formula is C24H25N3O4. The lowest BCUT2D eigenvalue weighted by Crippen LogP contribution is -2.48. The molecule has 3 N–H and O–H groups in total. The summed E-state index contributed by atoms with van der Waals surface area (Å²) in [6.07, 6.45) is 0. The van der Waals surface area contributed by atoms with E-state index in [4.69, 9.17) is 9.47 Å². The molecule has 0 saturated carbocycles. The number of carbonyl (C=O) groups excluding carboxylic acids is 2. The fourth-order valence-corrected chi connectivity index (χ4v) is 3.71. The van der Waals surface area contributed by atoms with Crippen molar-refractivity contribution in [2.45, 2.75) is 6.04 Å². The van der Waals surface area contributed by atoms with Crippen LogP contribution in [0, 0.1) is 0 Å². The Bertz CT molecular complexity index is 1090. The quantitative estimate of drug-likeness (QED) is 0.572. The van der Waals surface area contributed by atoms with Gasteiger partial charge in [-0.3, -0.25) is 9.59 Å². The van der Waals surface area contributed by atoms with Gasteiger partial charge in [0.25, 0.3) is 11.8 Å². The number of morpholine rings is 1. The predicted octanol–water partition coefficient (Wildman–Crippen LogP) is 2.82. The standard InChI is InChI=1S/C24H25N3O4/c1-30-21-11-5-10-20(22(21)24(29)26-14-17-15-31-13-12-25-17)27-23(28)19-9-4-7-16-6-2-3-8-18(16)19/h2-11,17,25H,12-15H2,1H3,(H,26,29)(H,27,28). The largest absolute Gasteiger partial charge is 0.496 e. The summed E-state index contributed by atoms with van der Waals surface area (Å²) in [6.45, 7) is 2.37. The molecule has 1 unspecified atom stereocenters. The van der Waals surface area contributed by atoms with Crippen LogP contribution in [0.5, 0.6) is 5.75 Å². The van der Waals surface area contributed by atoms with Gasteiger partial charge in [0, 0.05) is 24.7 Å². The maximum Gasteiger partial charge on any atom is 0.257 e. The normalized spacial score (nSPS) is 16.0. The highest BCUT2D eigenvalue weighted by atomic mass is 16.5. The molecule has 0 radical (unpaired) electrons. The topological polar surface area (TPSA) is 88.7 Å². The van der Waals surface area contributed by atoms with Gasteiger partial charge in [-0.1, -0.05) is 42.5 Å². The number of amides is 2. The van der Waals surface area contributed by atoms with Gasteiger partial charge in [-0.05, 0) is 29.0 Å². The Hall–Kier alpha value is -3.42. The highest BCUT2D eigenvalue weighted by Gasteiger charge is 2.21. The number of carbonyl (C=O) groups is 2. The molecule has 2 amide bonds. The van der Waals surface area contributed by atoms with E-state index in [1.807, 2.05) is 36.4 Å². The third-order valence-corrected chi connectivity index (χ3v) is 5.26. The number of hydrogen-bond acceptors (Lipinski definition) is 5. The van der Waals surface area contributed by atoms with Crippen molar-refractivity contribution in [3.8, 4) is 5.75 Å². The zero-order valence-corrected chi connectivity index (χ0v) is 17.3. The number of anilines is 1. The van der Waals surface area contributed by atoms with Crippen LogP contribution in [0.1, 0.15) is 20.7 Å². The summed E-state index contributed by atoms with van der Waals surface area (Å²) < 4.78 is 10.8. The average molecular weight is 419 g/mol. The third kappa shape index (κ3) is 4.68. The van der Waals surface area contributed by atoms with Gasteiger partial charge in [0.15, 0.2) is 0 Å². The lowest BCUT2D eigenvalue weighted by Gasteiger charge is -2.24. The van der Waals surface area contributed by atoms with Gasteiger partial charge >= 0.3 is 0 Å². The Morgan fingerprint density at radius 1 is 1.06 bits per heavy atom. The van der Waals surface area contributed by atoms with E-state index in [9.17, 15) is 9.59 Å². The smallest absolute Gasteiger partial charge is 0.257 e. The Morgan fingerprint density at radius 3 is 2.68 bits per heavy atom. The van der Waals surface area contributed by atoms with Crippen molar-refractivity contribution < 1.29 is 19.1 Å². The van der Waals surface area contributed by atoms with Crippen LogP contribution < -0.4 is 20.7 Å². The molecule has 3 aromatic rings. The first kappa shape index (κ1) is 20.8. The zero-order valence-electron chi connectivity index (χ0n) is 17.3. The molecule has 0 bridgehead atoms. The summed E-state index contributed by atoms with van der Waals surface area (Å²) in [7, 11) is 1.50. The molecule has 4 rings (SSSR count). The lowest BCUT2D eigenvalue weighted by atomic mass is 10.0. The van der Waals surface area contributed by atoms with E-state index in [-0.39, 0.29) is 23.4 Å². The number of fused-ring (bicyclic) bond motifs is 1. The molecule has 1 aliphatic rings. The van der Waals surface area contributed by atoms with Crippen LogP contribution in [0.2, 0.25) is 0 Å². The van der Waals surface area contributed by atoms with Crippen LogP contribution >= 0.6 is 0 Å². The molecule has 1 atom stereocenters. The monoisotopic (exact) mass is 419 g/mol. The minimum atomic E-state index is -0.321. The Kier molecular flexibility index (Phi) is 6.45. The van der Waals surface area contributed by atoms with E-state index in [0.29, 0.717) is 36.8 Å². The summed E-state index contributed by atoms with van der Waals surface area (Å²) in [5.41, 5.74) is 1.22. The highest BCUT2D eigenvalue weighted by molar-refractivity contribution is 6.15. The number of methoxy groups -OCH3 is 1. The first-order chi connectivity index (χ1) is 15.2. The molecule has 1 fully saturated rings. The molecule has 0 spiro atoms. The molecule has 7 nitrogen and oxygen atoms in total. The SMILES string of the molecule is COc1cccc(NC(=O)c2cccc3ccccc23)c1C(=O)NCC1COCCN1. The first-order valence-electron chi connectivity index (χ1n) is 10.2. The van der Waals surface area contributed by atoms with E-state index in [2.05, 4.69) is 16.0 Å². The van der Waals surface area contributed by atoms with Crippen molar-refractivity contribution in [3.05, 3.63) is 71.8 Å². The van der Waals surface area contributed by atoms with Crippen LogP contribution in [0.25, 0.3) is 10.8 Å². The average Bonchev–Trinajstić information content (AvgIpc) is 2.82. The van der Waals surface area contributed by atoms with Crippen LogP contribution in [0.4, 0.5) is 5.69 Å². The molecule has 31 heavy (non-hydrogen) atoms. The second kappa shape index (κ2) is 9.59. The van der Waals surface area contributed by atoms with Gasteiger partial charge in [0.2, 0.25) is 0 Å². The molecule has 0 aliphatic carbocycles. The van der Waals surface area contributed by atoms with Crippen molar-refractivity contribution in [3.63, 3.8) is 0 Å². The van der Waals surface area contributed by atoms with E-state index < -0.39 is 0 Å². The number of rotatable bonds is 6. The van der Waals surface area contributed by atoms with E-state index >= 15 is 0 Å².